The Hall–Kier alpha value is -6.87. The number of aryl methyl sites for hydroxylation is 1. The number of hydrogen-bond acceptors (Lipinski definition) is 10. The van der Waals surface area contributed by atoms with Crippen molar-refractivity contribution < 1.29 is 45.5 Å². The largest absolute Gasteiger partial charge is 0.416 e. The number of nitrogens with one attached hydrogen (secondary N) is 5. The van der Waals surface area contributed by atoms with Gasteiger partial charge in [-0.15, -0.1) is 12.3 Å². The lowest BCUT2D eigenvalue weighted by atomic mass is 10.1. The van der Waals surface area contributed by atoms with Gasteiger partial charge in [-0.2, -0.15) is 26.3 Å². The topological polar surface area (TPSA) is 322 Å². The SMILES string of the molecule is C#CC.CC=N/C(=C\CC(=O)Nc1cc(C(F)(F)F)cc(NC(=O)CCCCN)c1NCCN=C(N)N)C(=O)Nc1cc(C(F)(F)F)ccc1C.CCCN=C(N)N.CNC(=O)CCCCN. The van der Waals surface area contributed by atoms with E-state index in [-0.39, 0.29) is 65.8 Å². The molecule has 0 fully saturated rings. The number of aliphatic imine (C=N–C) groups is 3. The van der Waals surface area contributed by atoms with Crippen LogP contribution in [0.2, 0.25) is 0 Å². The molecule has 0 saturated heterocycles. The van der Waals surface area contributed by atoms with Crippen molar-refractivity contribution in [2.75, 3.05) is 61.0 Å². The predicted octanol–water partition coefficient (Wildman–Crippen LogP) is 4.90. The summed E-state index contributed by atoms with van der Waals surface area (Å²) in [6.45, 7) is 8.30. The van der Waals surface area contributed by atoms with Gasteiger partial charge in [-0.1, -0.05) is 13.0 Å². The molecular weight excluding hydrogens is 891 g/mol. The number of carbonyl (C=O) groups excluding carboxylic acids is 4. The highest BCUT2D eigenvalue weighted by Gasteiger charge is 2.33. The number of guanidine groups is 2. The molecule has 0 spiro atoms. The number of nitrogens with two attached hydrogens (primary N) is 6. The first kappa shape index (κ1) is 62.2. The van der Waals surface area contributed by atoms with Gasteiger partial charge in [0, 0.05) is 51.3 Å². The lowest BCUT2D eigenvalue weighted by molar-refractivity contribution is -0.138. The zero-order chi connectivity index (χ0) is 51.6. The second-order valence-corrected chi connectivity index (χ2v) is 13.7. The number of amides is 4. The summed E-state index contributed by atoms with van der Waals surface area (Å²) in [5.74, 6) is -0.141. The summed E-state index contributed by atoms with van der Waals surface area (Å²) in [7, 11) is 1.64. The van der Waals surface area contributed by atoms with Crippen molar-refractivity contribution in [1.82, 2.24) is 5.32 Å². The Balaban J connectivity index is 0. The number of alkyl halides is 6. The lowest BCUT2D eigenvalue weighted by Gasteiger charge is -2.20. The number of benzene rings is 2. The fraction of sp³-hybridized carbons (Fsp3) is 0.465. The second kappa shape index (κ2) is 34.5. The van der Waals surface area contributed by atoms with Crippen LogP contribution in [0.5, 0.6) is 0 Å². The minimum atomic E-state index is -4.88. The van der Waals surface area contributed by atoms with Gasteiger partial charge in [0.15, 0.2) is 11.9 Å². The number of hydrogen-bond donors (Lipinski definition) is 11. The number of terminal acetylenes is 1. The first-order chi connectivity index (χ1) is 31.4. The van der Waals surface area contributed by atoms with Crippen LogP contribution < -0.4 is 61.0 Å². The molecule has 4 amide bonds. The van der Waals surface area contributed by atoms with E-state index in [1.165, 1.54) is 26.1 Å². The standard InChI is InChI=1S/C30H37F6N9O3.C6H14N2O.C4H11N3.C3H4/c1-3-40-20(27(48)45-21-14-18(29(31,32)33)8-7-17(21)2)9-10-25(47)44-23-16-19(30(34,35)36)15-22(43-24(46)6-4-5-11-37)26(23)41-12-13-42-28(38)39;1-8-6(9)4-2-3-5-7;1-2-3-7-4(5)6;1-3-2/h3,7-9,14-16,41H,4-6,10-13,37H2,1-2H3,(H,43,46)(H,44,47)(H,45,48)(H4,38,39,42);2-5,7H2,1H3,(H,8,9);2-3H2,1H3,(H4,5,6,7);1H,2H3/b20-9-,40-3?;;;. The van der Waals surface area contributed by atoms with E-state index >= 15 is 0 Å². The van der Waals surface area contributed by atoms with Crippen LogP contribution in [0.1, 0.15) is 88.8 Å². The number of halogens is 6. The molecule has 374 valence electrons. The Kier molecular flexibility index (Phi) is 32.0. The minimum Gasteiger partial charge on any atom is -0.380 e. The highest BCUT2D eigenvalue weighted by atomic mass is 19.4. The smallest absolute Gasteiger partial charge is 0.380 e. The predicted molar refractivity (Wildman–Crippen MR) is 255 cm³/mol. The van der Waals surface area contributed by atoms with Crippen molar-refractivity contribution in [1.29, 1.82) is 0 Å². The van der Waals surface area contributed by atoms with Crippen molar-refractivity contribution in [3.63, 3.8) is 0 Å². The number of nitrogens with zero attached hydrogens (tertiary/aromatic N) is 3. The van der Waals surface area contributed by atoms with E-state index in [9.17, 15) is 45.5 Å². The maximum atomic E-state index is 13.9. The average Bonchev–Trinajstić information content (AvgIpc) is 3.24. The van der Waals surface area contributed by atoms with Crippen molar-refractivity contribution in [2.45, 2.75) is 91.4 Å². The van der Waals surface area contributed by atoms with Gasteiger partial charge in [-0.25, -0.2) is 0 Å². The summed E-state index contributed by atoms with van der Waals surface area (Å²) in [6, 6.07) is 4.13. The summed E-state index contributed by atoms with van der Waals surface area (Å²) in [6.07, 6.45) is 1.02. The number of anilines is 4. The molecule has 0 unspecified atom stereocenters. The quantitative estimate of drug-likeness (QED) is 0.0200. The van der Waals surface area contributed by atoms with Gasteiger partial charge in [0.25, 0.3) is 5.91 Å². The van der Waals surface area contributed by atoms with Crippen LogP contribution in [0.3, 0.4) is 0 Å². The highest BCUT2D eigenvalue weighted by molar-refractivity contribution is 6.06. The normalized spacial score (nSPS) is 10.8. The highest BCUT2D eigenvalue weighted by Crippen LogP contribution is 2.40. The molecule has 0 atom stereocenters. The Morgan fingerprint density at radius 3 is 1.69 bits per heavy atom. The van der Waals surface area contributed by atoms with Gasteiger partial charge < -0.3 is 61.0 Å². The Labute approximate surface area is 387 Å². The molecule has 0 radical (unpaired) electrons. The number of rotatable bonds is 21. The van der Waals surface area contributed by atoms with Crippen LogP contribution in [0.25, 0.3) is 0 Å². The van der Waals surface area contributed by atoms with Crippen molar-refractivity contribution >= 4 is 64.5 Å². The third kappa shape index (κ3) is 29.3. The Morgan fingerprint density at radius 1 is 0.746 bits per heavy atom. The third-order valence-electron chi connectivity index (χ3n) is 8.03. The first-order valence-corrected chi connectivity index (χ1v) is 20.8. The van der Waals surface area contributed by atoms with Crippen molar-refractivity contribution in [3.8, 4) is 12.3 Å². The molecule has 2 aromatic rings. The molecule has 0 bridgehead atoms. The van der Waals surface area contributed by atoms with Crippen molar-refractivity contribution in [3.05, 3.63) is 58.8 Å². The third-order valence-corrected chi connectivity index (χ3v) is 8.03. The molecule has 0 aliphatic heterocycles. The molecule has 0 saturated carbocycles. The molecule has 2 aromatic carbocycles. The van der Waals surface area contributed by atoms with Gasteiger partial charge in [0.1, 0.15) is 5.70 Å². The molecule has 24 heteroatoms. The van der Waals surface area contributed by atoms with E-state index in [0.717, 1.165) is 44.0 Å². The van der Waals surface area contributed by atoms with Crippen LogP contribution in [0.4, 0.5) is 49.1 Å². The second-order valence-electron chi connectivity index (χ2n) is 13.7. The fourth-order valence-electron chi connectivity index (χ4n) is 4.85. The van der Waals surface area contributed by atoms with E-state index in [1.807, 2.05) is 6.92 Å². The molecule has 0 aliphatic carbocycles. The zero-order valence-corrected chi connectivity index (χ0v) is 38.5. The summed E-state index contributed by atoms with van der Waals surface area (Å²) in [5.41, 5.74) is 28.2. The van der Waals surface area contributed by atoms with E-state index in [4.69, 9.17) is 34.4 Å². The number of unbranched alkanes of at least 4 members (excludes halogenated alkanes) is 2. The van der Waals surface area contributed by atoms with E-state index in [2.05, 4.69) is 53.9 Å². The summed E-state index contributed by atoms with van der Waals surface area (Å²) >= 11 is 0. The summed E-state index contributed by atoms with van der Waals surface area (Å²) < 4.78 is 81.2. The Morgan fingerprint density at radius 2 is 1.24 bits per heavy atom. The molecule has 0 aromatic heterocycles. The van der Waals surface area contributed by atoms with Gasteiger partial charge in [-0.05, 0) is 102 Å². The first-order valence-electron chi connectivity index (χ1n) is 20.8. The van der Waals surface area contributed by atoms with Crippen LogP contribution in [-0.4, -0.2) is 81.5 Å². The maximum absolute atomic E-state index is 13.9. The van der Waals surface area contributed by atoms with E-state index in [0.29, 0.717) is 50.0 Å². The molecular formula is C43H66F6N14O4. The average molecular weight is 957 g/mol. The molecule has 67 heavy (non-hydrogen) atoms. The lowest BCUT2D eigenvalue weighted by Crippen LogP contribution is -2.24. The van der Waals surface area contributed by atoms with Gasteiger partial charge in [0.05, 0.1) is 34.7 Å². The molecule has 17 N–H and O–H groups in total. The van der Waals surface area contributed by atoms with Gasteiger partial charge in [-0.3, -0.25) is 34.2 Å². The molecule has 2 rings (SSSR count). The number of carbonyl (C=O) groups is 4. The zero-order valence-electron chi connectivity index (χ0n) is 38.5. The minimum absolute atomic E-state index is 0.0117. The van der Waals surface area contributed by atoms with Crippen LogP contribution in [0.15, 0.2) is 57.1 Å². The monoisotopic (exact) mass is 957 g/mol. The molecule has 0 aliphatic rings. The van der Waals surface area contributed by atoms with Crippen molar-refractivity contribution in [2.24, 2.45) is 49.4 Å². The van der Waals surface area contributed by atoms with E-state index in [1.54, 1.807) is 14.0 Å². The maximum Gasteiger partial charge on any atom is 0.416 e. The molecule has 18 nitrogen and oxygen atoms in total. The Bertz CT molecular complexity index is 2010. The summed E-state index contributed by atoms with van der Waals surface area (Å²) in [4.78, 5) is 60.4. The van der Waals surface area contributed by atoms with E-state index < -0.39 is 47.6 Å². The molecule has 0 heterocycles. The van der Waals surface area contributed by atoms with Crippen LogP contribution in [0, 0.1) is 19.3 Å². The summed E-state index contributed by atoms with van der Waals surface area (Å²) in [5, 5.41) is 12.5. The fourth-order valence-corrected chi connectivity index (χ4v) is 4.85. The van der Waals surface area contributed by atoms with Gasteiger partial charge >= 0.3 is 12.4 Å². The van der Waals surface area contributed by atoms with Crippen LogP contribution >= 0.6 is 0 Å². The van der Waals surface area contributed by atoms with Gasteiger partial charge in [0.2, 0.25) is 17.7 Å². The van der Waals surface area contributed by atoms with Crippen LogP contribution in [-0.2, 0) is 31.5 Å².